The number of amides is 1. The number of nitrogens with one attached hydrogen (secondary N) is 2. The zero-order chi connectivity index (χ0) is 23.5. The van der Waals surface area contributed by atoms with Crippen molar-refractivity contribution in [2.45, 2.75) is 37.5 Å². The molecule has 0 radical (unpaired) electrons. The van der Waals surface area contributed by atoms with Gasteiger partial charge in [-0.2, -0.15) is 13.2 Å². The molecule has 1 aromatic heterocycles. The van der Waals surface area contributed by atoms with Crippen LogP contribution in [0, 0.1) is 0 Å². The standard InChI is InChI=1S/C20H21F3N4O4S/c1-2-11-26-16-5-3-4-6-17(16)27(19(26)29)12-18(28)25-14-7-9-15(10-8-14)32(30,31)24-13-20(21,22)23/h3-10,24H,2,11-13H2,1H3,(H,25,28). The summed E-state index contributed by atoms with van der Waals surface area (Å²) in [6.07, 6.45) is -3.94. The lowest BCUT2D eigenvalue weighted by molar-refractivity contribution is -0.121. The lowest BCUT2D eigenvalue weighted by Crippen LogP contribution is -2.33. The van der Waals surface area contributed by atoms with Gasteiger partial charge in [0.2, 0.25) is 15.9 Å². The van der Waals surface area contributed by atoms with Crippen LogP contribution in [0.1, 0.15) is 13.3 Å². The largest absolute Gasteiger partial charge is 0.402 e. The minimum Gasteiger partial charge on any atom is -0.325 e. The molecule has 3 aromatic rings. The number of carbonyl (C=O) groups is 1. The molecule has 0 aliphatic rings. The Morgan fingerprint density at radius 3 is 2.16 bits per heavy atom. The number of para-hydroxylation sites is 2. The number of aromatic nitrogens is 2. The summed E-state index contributed by atoms with van der Waals surface area (Å²) in [7, 11) is -4.35. The molecule has 2 N–H and O–H groups in total. The molecule has 0 bridgehead atoms. The number of fused-ring (bicyclic) bond motifs is 1. The first-order valence-electron chi connectivity index (χ1n) is 9.66. The van der Waals surface area contributed by atoms with Gasteiger partial charge in [-0.25, -0.2) is 17.9 Å². The number of rotatable bonds is 8. The first kappa shape index (κ1) is 23.5. The second-order valence-corrected chi connectivity index (χ2v) is 8.79. The summed E-state index contributed by atoms with van der Waals surface area (Å²) in [6.45, 7) is 0.498. The summed E-state index contributed by atoms with van der Waals surface area (Å²) >= 11 is 0. The van der Waals surface area contributed by atoms with Gasteiger partial charge in [0.1, 0.15) is 13.1 Å². The van der Waals surface area contributed by atoms with Crippen LogP contribution in [0.3, 0.4) is 0 Å². The van der Waals surface area contributed by atoms with Crippen molar-refractivity contribution in [3.05, 3.63) is 59.0 Å². The molecule has 1 heterocycles. The first-order valence-corrected chi connectivity index (χ1v) is 11.1. The van der Waals surface area contributed by atoms with E-state index >= 15 is 0 Å². The second kappa shape index (κ2) is 9.17. The third-order valence-corrected chi connectivity index (χ3v) is 6.00. The smallest absolute Gasteiger partial charge is 0.325 e. The van der Waals surface area contributed by atoms with Crippen LogP contribution >= 0.6 is 0 Å². The zero-order valence-electron chi connectivity index (χ0n) is 17.0. The molecular formula is C20H21F3N4O4S. The van der Waals surface area contributed by atoms with Gasteiger partial charge in [-0.1, -0.05) is 19.1 Å². The van der Waals surface area contributed by atoms with Crippen LogP contribution in [0.25, 0.3) is 11.0 Å². The molecule has 0 saturated heterocycles. The molecule has 0 aliphatic carbocycles. The number of hydrogen-bond donors (Lipinski definition) is 2. The van der Waals surface area contributed by atoms with Crippen molar-refractivity contribution in [2.24, 2.45) is 0 Å². The molecule has 0 atom stereocenters. The Kier molecular flexibility index (Phi) is 6.74. The van der Waals surface area contributed by atoms with Crippen LogP contribution in [-0.4, -0.2) is 36.2 Å². The third kappa shape index (κ3) is 5.37. The van der Waals surface area contributed by atoms with Crippen LogP contribution in [0.5, 0.6) is 0 Å². The predicted molar refractivity (Wildman–Crippen MR) is 113 cm³/mol. The van der Waals surface area contributed by atoms with Crippen LogP contribution in [0.2, 0.25) is 0 Å². The van der Waals surface area contributed by atoms with E-state index in [1.165, 1.54) is 21.4 Å². The van der Waals surface area contributed by atoms with Crippen LogP contribution in [0.4, 0.5) is 18.9 Å². The van der Waals surface area contributed by atoms with Gasteiger partial charge >= 0.3 is 11.9 Å². The van der Waals surface area contributed by atoms with E-state index in [2.05, 4.69) is 5.32 Å². The molecule has 1 amide bonds. The molecule has 0 unspecified atom stereocenters. The van der Waals surface area contributed by atoms with Gasteiger partial charge in [-0.05, 0) is 42.8 Å². The van der Waals surface area contributed by atoms with Gasteiger partial charge in [-0.3, -0.25) is 13.9 Å². The predicted octanol–water partition coefficient (Wildman–Crippen LogP) is 2.69. The van der Waals surface area contributed by atoms with E-state index in [-0.39, 0.29) is 22.8 Å². The number of anilines is 1. The van der Waals surface area contributed by atoms with E-state index in [1.807, 2.05) is 6.92 Å². The molecule has 32 heavy (non-hydrogen) atoms. The second-order valence-electron chi connectivity index (χ2n) is 7.02. The van der Waals surface area contributed by atoms with E-state index in [0.717, 1.165) is 18.6 Å². The fourth-order valence-electron chi connectivity index (χ4n) is 3.19. The Bertz CT molecular complexity index is 1280. The zero-order valence-corrected chi connectivity index (χ0v) is 17.8. The summed E-state index contributed by atoms with van der Waals surface area (Å²) < 4.78 is 65.0. The number of aryl methyl sites for hydroxylation is 1. The molecule has 0 saturated carbocycles. The van der Waals surface area contributed by atoms with Crippen molar-refractivity contribution in [1.29, 1.82) is 0 Å². The Morgan fingerprint density at radius 1 is 1.00 bits per heavy atom. The number of nitrogens with zero attached hydrogens (tertiary/aromatic N) is 2. The highest BCUT2D eigenvalue weighted by Gasteiger charge is 2.30. The first-order chi connectivity index (χ1) is 15.0. The molecule has 0 fully saturated rings. The summed E-state index contributed by atoms with van der Waals surface area (Å²) in [5.74, 6) is -0.516. The van der Waals surface area contributed by atoms with Gasteiger partial charge in [-0.15, -0.1) is 0 Å². The Hall–Kier alpha value is -3.12. The maximum Gasteiger partial charge on any atom is 0.402 e. The molecule has 3 rings (SSSR count). The molecule has 172 valence electrons. The fourth-order valence-corrected chi connectivity index (χ4v) is 4.20. The van der Waals surface area contributed by atoms with Crippen LogP contribution in [-0.2, 0) is 27.9 Å². The van der Waals surface area contributed by atoms with Crippen LogP contribution < -0.4 is 15.7 Å². The maximum atomic E-state index is 12.7. The summed E-state index contributed by atoms with van der Waals surface area (Å²) in [4.78, 5) is 24.9. The monoisotopic (exact) mass is 470 g/mol. The molecule has 0 aliphatic heterocycles. The molecular weight excluding hydrogens is 449 g/mol. The SMILES string of the molecule is CCCn1c(=O)n(CC(=O)Nc2ccc(S(=O)(=O)NCC(F)(F)F)cc2)c2ccccc21. The van der Waals surface area contributed by atoms with E-state index in [1.54, 1.807) is 28.8 Å². The lowest BCUT2D eigenvalue weighted by atomic mass is 10.3. The van der Waals surface area contributed by atoms with Gasteiger partial charge in [0.05, 0.1) is 15.9 Å². The van der Waals surface area contributed by atoms with E-state index in [4.69, 9.17) is 0 Å². The van der Waals surface area contributed by atoms with Crippen molar-refractivity contribution in [2.75, 3.05) is 11.9 Å². The van der Waals surface area contributed by atoms with E-state index < -0.39 is 28.7 Å². The third-order valence-electron chi connectivity index (χ3n) is 4.59. The number of imidazole rings is 1. The highest BCUT2D eigenvalue weighted by Crippen LogP contribution is 2.18. The minimum absolute atomic E-state index is 0.232. The number of benzene rings is 2. The van der Waals surface area contributed by atoms with Crippen molar-refractivity contribution in [1.82, 2.24) is 13.9 Å². The van der Waals surface area contributed by atoms with Gasteiger partial charge in [0.25, 0.3) is 0 Å². The highest BCUT2D eigenvalue weighted by atomic mass is 32.2. The number of alkyl halides is 3. The minimum atomic E-state index is -4.68. The molecule has 12 heteroatoms. The number of carbonyl (C=O) groups excluding carboxylic acids is 1. The van der Waals surface area contributed by atoms with Gasteiger partial charge < -0.3 is 5.32 Å². The highest BCUT2D eigenvalue weighted by molar-refractivity contribution is 7.89. The van der Waals surface area contributed by atoms with Crippen LogP contribution in [0.15, 0.2) is 58.2 Å². The normalized spacial score (nSPS) is 12.2. The molecule has 8 nitrogen and oxygen atoms in total. The van der Waals surface area contributed by atoms with Crippen molar-refractivity contribution in [3.63, 3.8) is 0 Å². The maximum absolute atomic E-state index is 12.7. The van der Waals surface area contributed by atoms with Gasteiger partial charge in [0.15, 0.2) is 0 Å². The average molecular weight is 470 g/mol. The lowest BCUT2D eigenvalue weighted by Gasteiger charge is -2.10. The van der Waals surface area contributed by atoms with Gasteiger partial charge in [0, 0.05) is 12.2 Å². The molecule has 2 aromatic carbocycles. The quantitative estimate of drug-likeness (QED) is 0.529. The van der Waals surface area contributed by atoms with E-state index in [9.17, 15) is 31.2 Å². The summed E-state index contributed by atoms with van der Waals surface area (Å²) in [6, 6.07) is 11.8. The van der Waals surface area contributed by atoms with E-state index in [0.29, 0.717) is 17.6 Å². The Morgan fingerprint density at radius 2 is 1.59 bits per heavy atom. The number of sulfonamides is 1. The molecule has 0 spiro atoms. The summed E-state index contributed by atoms with van der Waals surface area (Å²) in [5, 5.41) is 2.56. The Balaban J connectivity index is 1.74. The fraction of sp³-hybridized carbons (Fsp3) is 0.300. The summed E-state index contributed by atoms with van der Waals surface area (Å²) in [5.41, 5.74) is 1.24. The number of halogens is 3. The van der Waals surface area contributed by atoms with Crippen molar-refractivity contribution < 1.29 is 26.4 Å². The average Bonchev–Trinajstić information content (AvgIpc) is 2.99. The number of hydrogen-bond acceptors (Lipinski definition) is 4. The van der Waals surface area contributed by atoms with Crippen molar-refractivity contribution in [3.8, 4) is 0 Å². The Labute approximate surface area is 181 Å². The van der Waals surface area contributed by atoms with Crippen molar-refractivity contribution >= 4 is 32.7 Å². The topological polar surface area (TPSA) is 102 Å².